The molecule has 144 valence electrons. The van der Waals surface area contributed by atoms with Crippen LogP contribution in [-0.2, 0) is 4.79 Å². The predicted octanol–water partition coefficient (Wildman–Crippen LogP) is 1.75. The zero-order valence-electron chi connectivity index (χ0n) is 15.7. The van der Waals surface area contributed by atoms with Crippen molar-refractivity contribution in [3.8, 4) is 11.3 Å². The summed E-state index contributed by atoms with van der Waals surface area (Å²) in [4.78, 5) is 25.9. The number of nitrogens with one attached hydrogen (secondary N) is 1. The van der Waals surface area contributed by atoms with E-state index in [1.54, 1.807) is 6.20 Å². The van der Waals surface area contributed by atoms with E-state index in [-0.39, 0.29) is 18.0 Å². The monoisotopic (exact) mass is 378 g/mol. The molecule has 9 heteroatoms. The zero-order valence-corrected chi connectivity index (χ0v) is 15.7. The van der Waals surface area contributed by atoms with E-state index >= 15 is 0 Å². The van der Waals surface area contributed by atoms with E-state index in [1.165, 1.54) is 19.3 Å². The van der Waals surface area contributed by atoms with Crippen molar-refractivity contribution >= 4 is 22.9 Å². The molecule has 0 radical (unpaired) electrons. The highest BCUT2D eigenvalue weighted by molar-refractivity contribution is 5.91. The molecule has 5 heterocycles. The SMILES string of the molecule is CN1C[C@@H]2CC[C@H](C1=O)N2c1ncc2[nH]nc(-c3cnn(C4CCC4)c3)c2n1. The molecule has 3 aromatic rings. The molecule has 6 rings (SSSR count). The number of carbonyl (C=O) groups is 1. The molecule has 3 aromatic heterocycles. The fourth-order valence-corrected chi connectivity index (χ4v) is 4.71. The molecule has 2 atom stereocenters. The number of anilines is 1. The van der Waals surface area contributed by atoms with Crippen LogP contribution in [0.2, 0.25) is 0 Å². The number of aromatic amines is 1. The van der Waals surface area contributed by atoms with Gasteiger partial charge in [0.05, 0.1) is 24.5 Å². The van der Waals surface area contributed by atoms with Crippen molar-refractivity contribution in [2.75, 3.05) is 18.5 Å². The summed E-state index contributed by atoms with van der Waals surface area (Å²) in [5.74, 6) is 0.780. The molecular formula is C19H22N8O. The Labute approximate surface area is 161 Å². The average molecular weight is 378 g/mol. The molecule has 2 bridgehead atoms. The molecular weight excluding hydrogens is 356 g/mol. The van der Waals surface area contributed by atoms with Crippen LogP contribution in [0.15, 0.2) is 18.6 Å². The van der Waals surface area contributed by atoms with Gasteiger partial charge in [0.2, 0.25) is 11.9 Å². The highest BCUT2D eigenvalue weighted by atomic mass is 16.2. The quantitative estimate of drug-likeness (QED) is 0.746. The maximum atomic E-state index is 12.6. The van der Waals surface area contributed by atoms with Gasteiger partial charge in [-0.25, -0.2) is 9.97 Å². The number of fused-ring (bicyclic) bond motifs is 3. The number of likely N-dealkylation sites (N-methyl/N-ethyl adjacent to an activating group) is 1. The second-order valence-electron chi connectivity index (χ2n) is 8.17. The number of hydrogen-bond acceptors (Lipinski definition) is 6. The molecule has 1 saturated carbocycles. The van der Waals surface area contributed by atoms with Crippen molar-refractivity contribution in [3.63, 3.8) is 0 Å². The number of amides is 1. The van der Waals surface area contributed by atoms with Crippen molar-refractivity contribution < 1.29 is 4.79 Å². The van der Waals surface area contributed by atoms with Crippen LogP contribution in [0.4, 0.5) is 5.95 Å². The van der Waals surface area contributed by atoms with E-state index < -0.39 is 0 Å². The van der Waals surface area contributed by atoms with Gasteiger partial charge >= 0.3 is 0 Å². The summed E-state index contributed by atoms with van der Waals surface area (Å²) in [6.07, 6.45) is 11.2. The van der Waals surface area contributed by atoms with Gasteiger partial charge in [0.15, 0.2) is 0 Å². The van der Waals surface area contributed by atoms with Gasteiger partial charge in [0.25, 0.3) is 0 Å². The summed E-state index contributed by atoms with van der Waals surface area (Å²) in [5.41, 5.74) is 3.32. The van der Waals surface area contributed by atoms with E-state index in [9.17, 15) is 4.79 Å². The van der Waals surface area contributed by atoms with Crippen LogP contribution in [-0.4, -0.2) is 66.4 Å². The minimum absolute atomic E-state index is 0.155. The summed E-state index contributed by atoms with van der Waals surface area (Å²) in [5, 5.41) is 12.0. The number of H-pyrrole nitrogens is 1. The van der Waals surface area contributed by atoms with Gasteiger partial charge in [0.1, 0.15) is 22.8 Å². The fourth-order valence-electron chi connectivity index (χ4n) is 4.71. The second-order valence-corrected chi connectivity index (χ2v) is 8.17. The number of aromatic nitrogens is 6. The topological polar surface area (TPSA) is 95.8 Å². The Kier molecular flexibility index (Phi) is 3.30. The molecule has 9 nitrogen and oxygen atoms in total. The standard InChI is InChI=1S/C19H22N8O/c1-25-10-13-5-6-15(18(25)28)27(13)19-20-8-14-17(22-19)16(24-23-14)11-7-21-26(9-11)12-3-2-4-12/h7-9,12-13,15H,2-6,10H2,1H3,(H,23,24)/t13-,15+/m0/s1. The van der Waals surface area contributed by atoms with Crippen LogP contribution in [0, 0.1) is 0 Å². The zero-order chi connectivity index (χ0) is 18.8. The van der Waals surface area contributed by atoms with Crippen LogP contribution in [0.1, 0.15) is 38.1 Å². The van der Waals surface area contributed by atoms with Gasteiger partial charge in [-0.1, -0.05) is 0 Å². The van der Waals surface area contributed by atoms with Gasteiger partial charge in [0, 0.05) is 25.4 Å². The van der Waals surface area contributed by atoms with E-state index in [1.807, 2.05) is 22.8 Å². The molecule has 0 aromatic carbocycles. The Morgan fingerprint density at radius 1 is 1.14 bits per heavy atom. The number of rotatable bonds is 3. The van der Waals surface area contributed by atoms with Gasteiger partial charge in [-0.3, -0.25) is 14.6 Å². The second kappa shape index (κ2) is 5.76. The fraction of sp³-hybridized carbons (Fsp3) is 0.526. The van der Waals surface area contributed by atoms with Crippen LogP contribution in [0.3, 0.4) is 0 Å². The first-order valence-electron chi connectivity index (χ1n) is 9.98. The normalized spacial score (nSPS) is 25.0. The van der Waals surface area contributed by atoms with Gasteiger partial charge in [-0.05, 0) is 32.1 Å². The Morgan fingerprint density at radius 2 is 2.04 bits per heavy atom. The minimum atomic E-state index is -0.155. The molecule has 3 aliphatic rings. The Balaban J connectivity index is 1.39. The summed E-state index contributed by atoms with van der Waals surface area (Å²) in [6, 6.07) is 0.635. The molecule has 28 heavy (non-hydrogen) atoms. The van der Waals surface area contributed by atoms with E-state index in [0.717, 1.165) is 41.7 Å². The van der Waals surface area contributed by atoms with Gasteiger partial charge in [-0.15, -0.1) is 0 Å². The maximum absolute atomic E-state index is 12.6. The van der Waals surface area contributed by atoms with Crippen molar-refractivity contribution in [2.45, 2.75) is 50.2 Å². The maximum Gasteiger partial charge on any atom is 0.245 e. The molecule has 2 saturated heterocycles. The van der Waals surface area contributed by atoms with Crippen LogP contribution >= 0.6 is 0 Å². The predicted molar refractivity (Wildman–Crippen MR) is 103 cm³/mol. The highest BCUT2D eigenvalue weighted by Crippen LogP contribution is 2.35. The number of piperazine rings is 1. The lowest BCUT2D eigenvalue weighted by Gasteiger charge is -2.38. The van der Waals surface area contributed by atoms with Crippen LogP contribution in [0.5, 0.6) is 0 Å². The van der Waals surface area contributed by atoms with Crippen molar-refractivity contribution in [1.29, 1.82) is 0 Å². The largest absolute Gasteiger partial charge is 0.342 e. The average Bonchev–Trinajstić information content (AvgIpc) is 3.34. The Morgan fingerprint density at radius 3 is 2.86 bits per heavy atom. The third-order valence-corrected chi connectivity index (χ3v) is 6.49. The third-order valence-electron chi connectivity index (χ3n) is 6.49. The van der Waals surface area contributed by atoms with E-state index in [2.05, 4.69) is 31.4 Å². The molecule has 0 spiro atoms. The first kappa shape index (κ1) is 16.0. The molecule has 3 fully saturated rings. The molecule has 0 unspecified atom stereocenters. The van der Waals surface area contributed by atoms with Crippen molar-refractivity contribution in [2.24, 2.45) is 0 Å². The Hall–Kier alpha value is -2.97. The third kappa shape index (κ3) is 2.22. The minimum Gasteiger partial charge on any atom is -0.342 e. The summed E-state index contributed by atoms with van der Waals surface area (Å²) in [6.45, 7) is 0.725. The van der Waals surface area contributed by atoms with E-state index in [4.69, 9.17) is 4.98 Å². The summed E-state index contributed by atoms with van der Waals surface area (Å²) < 4.78 is 2.04. The molecule has 1 aliphatic carbocycles. The summed E-state index contributed by atoms with van der Waals surface area (Å²) >= 11 is 0. The first-order chi connectivity index (χ1) is 13.7. The smallest absolute Gasteiger partial charge is 0.245 e. The summed E-state index contributed by atoms with van der Waals surface area (Å²) in [7, 11) is 1.88. The van der Waals surface area contributed by atoms with Crippen molar-refractivity contribution in [1.82, 2.24) is 34.8 Å². The lowest BCUT2D eigenvalue weighted by molar-refractivity contribution is -0.132. The van der Waals surface area contributed by atoms with Crippen molar-refractivity contribution in [3.05, 3.63) is 18.6 Å². The molecule has 1 N–H and O–H groups in total. The molecule has 2 aliphatic heterocycles. The van der Waals surface area contributed by atoms with Crippen LogP contribution in [0.25, 0.3) is 22.3 Å². The first-order valence-corrected chi connectivity index (χ1v) is 9.98. The van der Waals surface area contributed by atoms with Gasteiger partial charge < -0.3 is 9.80 Å². The number of nitrogens with zero attached hydrogens (tertiary/aromatic N) is 7. The lowest BCUT2D eigenvalue weighted by atomic mass is 9.93. The highest BCUT2D eigenvalue weighted by Gasteiger charge is 2.45. The molecule has 1 amide bonds. The number of hydrogen-bond donors (Lipinski definition) is 1. The van der Waals surface area contributed by atoms with Gasteiger partial charge in [-0.2, -0.15) is 10.2 Å². The Bertz CT molecular complexity index is 1070. The number of likely N-dealkylation sites (tertiary alicyclic amines) is 1. The van der Waals surface area contributed by atoms with Crippen LogP contribution < -0.4 is 4.90 Å². The number of carbonyl (C=O) groups excluding carboxylic acids is 1. The lowest BCUT2D eigenvalue weighted by Crippen LogP contribution is -2.56. The van der Waals surface area contributed by atoms with E-state index in [0.29, 0.717) is 12.0 Å².